The minimum atomic E-state index is -0.119. The zero-order chi connectivity index (χ0) is 12.5. The van der Waals surface area contributed by atoms with Gasteiger partial charge < -0.3 is 15.0 Å². The molecular formula is C14H18N2O2. The lowest BCUT2D eigenvalue weighted by atomic mass is 9.99. The van der Waals surface area contributed by atoms with Crippen LogP contribution in [0.15, 0.2) is 24.3 Å². The van der Waals surface area contributed by atoms with Gasteiger partial charge in [-0.1, -0.05) is 18.2 Å². The number of hydrogen-bond acceptors (Lipinski definition) is 3. The smallest absolute Gasteiger partial charge is 0.233 e. The van der Waals surface area contributed by atoms with Crippen LogP contribution in [0.4, 0.5) is 0 Å². The standard InChI is InChI=1S/C14H18N2O2/c1-10-8-16(7-6-15-10)14(17)12-9-18-13-5-3-2-4-11(12)13/h2-5,10,12,15H,6-9H2,1H3/t10-,12+/m1/s1. The molecular weight excluding hydrogens is 228 g/mol. The normalized spacial score (nSPS) is 26.6. The topological polar surface area (TPSA) is 41.6 Å². The largest absolute Gasteiger partial charge is 0.492 e. The number of para-hydroxylation sites is 1. The van der Waals surface area contributed by atoms with E-state index in [9.17, 15) is 4.79 Å². The van der Waals surface area contributed by atoms with Gasteiger partial charge in [-0.25, -0.2) is 0 Å². The molecule has 0 aliphatic carbocycles. The molecule has 0 bridgehead atoms. The molecule has 0 unspecified atom stereocenters. The van der Waals surface area contributed by atoms with E-state index in [1.54, 1.807) is 0 Å². The zero-order valence-corrected chi connectivity index (χ0v) is 10.6. The molecule has 4 heteroatoms. The molecule has 0 saturated carbocycles. The van der Waals surface area contributed by atoms with Gasteiger partial charge in [-0.05, 0) is 13.0 Å². The third-order valence-corrected chi connectivity index (χ3v) is 3.68. The van der Waals surface area contributed by atoms with Crippen molar-refractivity contribution >= 4 is 5.91 Å². The van der Waals surface area contributed by atoms with Crippen LogP contribution >= 0.6 is 0 Å². The molecule has 2 aliphatic heterocycles. The van der Waals surface area contributed by atoms with Gasteiger partial charge >= 0.3 is 0 Å². The van der Waals surface area contributed by atoms with Gasteiger partial charge in [-0.15, -0.1) is 0 Å². The summed E-state index contributed by atoms with van der Waals surface area (Å²) in [7, 11) is 0. The fourth-order valence-corrected chi connectivity index (χ4v) is 2.72. The highest BCUT2D eigenvalue weighted by molar-refractivity contribution is 5.85. The first-order valence-electron chi connectivity index (χ1n) is 6.49. The quantitative estimate of drug-likeness (QED) is 0.803. The van der Waals surface area contributed by atoms with Gasteiger partial charge in [-0.2, -0.15) is 0 Å². The predicted molar refractivity (Wildman–Crippen MR) is 68.7 cm³/mol. The van der Waals surface area contributed by atoms with Crippen molar-refractivity contribution in [2.45, 2.75) is 18.9 Å². The summed E-state index contributed by atoms with van der Waals surface area (Å²) >= 11 is 0. The number of amides is 1. The Morgan fingerprint density at radius 2 is 2.28 bits per heavy atom. The third-order valence-electron chi connectivity index (χ3n) is 3.68. The van der Waals surface area contributed by atoms with E-state index in [0.717, 1.165) is 30.9 Å². The van der Waals surface area contributed by atoms with Gasteiger partial charge in [-0.3, -0.25) is 4.79 Å². The van der Waals surface area contributed by atoms with Crippen molar-refractivity contribution in [1.82, 2.24) is 10.2 Å². The molecule has 0 radical (unpaired) electrons. The fraction of sp³-hybridized carbons (Fsp3) is 0.500. The fourth-order valence-electron chi connectivity index (χ4n) is 2.72. The number of piperazine rings is 1. The van der Waals surface area contributed by atoms with Crippen LogP contribution in [0.3, 0.4) is 0 Å². The summed E-state index contributed by atoms with van der Waals surface area (Å²) in [6, 6.07) is 8.21. The molecule has 4 nitrogen and oxygen atoms in total. The van der Waals surface area contributed by atoms with Gasteiger partial charge in [0.25, 0.3) is 0 Å². The zero-order valence-electron chi connectivity index (χ0n) is 10.6. The van der Waals surface area contributed by atoms with Crippen LogP contribution < -0.4 is 10.1 Å². The number of benzene rings is 1. The highest BCUT2D eigenvalue weighted by atomic mass is 16.5. The van der Waals surface area contributed by atoms with Gasteiger partial charge in [0.15, 0.2) is 0 Å². The number of nitrogens with zero attached hydrogens (tertiary/aromatic N) is 1. The molecule has 1 aromatic carbocycles. The molecule has 1 fully saturated rings. The second-order valence-electron chi connectivity index (χ2n) is 5.04. The number of rotatable bonds is 1. The number of ether oxygens (including phenoxy) is 1. The van der Waals surface area contributed by atoms with Crippen LogP contribution in [0.1, 0.15) is 18.4 Å². The maximum Gasteiger partial charge on any atom is 0.233 e. The molecule has 1 N–H and O–H groups in total. The molecule has 96 valence electrons. The summed E-state index contributed by atoms with van der Waals surface area (Å²) in [4.78, 5) is 14.5. The van der Waals surface area contributed by atoms with Gasteiger partial charge in [0.05, 0.1) is 0 Å². The van der Waals surface area contributed by atoms with Crippen molar-refractivity contribution in [2.24, 2.45) is 0 Å². The molecule has 1 saturated heterocycles. The second kappa shape index (κ2) is 4.61. The number of carbonyl (C=O) groups excluding carboxylic acids is 1. The van der Waals surface area contributed by atoms with E-state index in [0.29, 0.717) is 12.6 Å². The third kappa shape index (κ3) is 1.97. The van der Waals surface area contributed by atoms with E-state index in [4.69, 9.17) is 4.74 Å². The molecule has 0 aromatic heterocycles. The van der Waals surface area contributed by atoms with E-state index in [1.165, 1.54) is 0 Å². The summed E-state index contributed by atoms with van der Waals surface area (Å²) in [6.07, 6.45) is 0. The molecule has 3 rings (SSSR count). The Morgan fingerprint density at radius 1 is 1.44 bits per heavy atom. The van der Waals surface area contributed by atoms with Gasteiger partial charge in [0.2, 0.25) is 5.91 Å². The molecule has 2 heterocycles. The highest BCUT2D eigenvalue weighted by Gasteiger charge is 2.34. The molecule has 2 atom stereocenters. The van der Waals surface area contributed by atoms with E-state index in [1.807, 2.05) is 29.2 Å². The van der Waals surface area contributed by atoms with E-state index in [-0.39, 0.29) is 11.8 Å². The van der Waals surface area contributed by atoms with Crippen molar-refractivity contribution in [2.75, 3.05) is 26.2 Å². The van der Waals surface area contributed by atoms with Crippen LogP contribution in [-0.2, 0) is 4.79 Å². The van der Waals surface area contributed by atoms with Crippen LogP contribution in [0, 0.1) is 0 Å². The maximum absolute atomic E-state index is 12.5. The second-order valence-corrected chi connectivity index (χ2v) is 5.04. The highest BCUT2D eigenvalue weighted by Crippen LogP contribution is 2.34. The summed E-state index contributed by atoms with van der Waals surface area (Å²) in [5.41, 5.74) is 1.04. The first kappa shape index (κ1) is 11.5. The number of carbonyl (C=O) groups is 1. The summed E-state index contributed by atoms with van der Waals surface area (Å²) in [5, 5.41) is 3.35. The monoisotopic (exact) mass is 246 g/mol. The van der Waals surface area contributed by atoms with Crippen molar-refractivity contribution in [3.63, 3.8) is 0 Å². The van der Waals surface area contributed by atoms with Crippen LogP contribution in [0.25, 0.3) is 0 Å². The van der Waals surface area contributed by atoms with Crippen LogP contribution in [0.2, 0.25) is 0 Å². The Bertz CT molecular complexity index is 461. The molecule has 18 heavy (non-hydrogen) atoms. The molecule has 1 amide bonds. The van der Waals surface area contributed by atoms with E-state index in [2.05, 4.69) is 12.2 Å². The van der Waals surface area contributed by atoms with Crippen molar-refractivity contribution in [3.8, 4) is 5.75 Å². The molecule has 0 spiro atoms. The average Bonchev–Trinajstić information content (AvgIpc) is 2.82. The Labute approximate surface area is 107 Å². The maximum atomic E-state index is 12.5. The molecule has 2 aliphatic rings. The average molecular weight is 246 g/mol. The van der Waals surface area contributed by atoms with Crippen LogP contribution in [0.5, 0.6) is 5.75 Å². The van der Waals surface area contributed by atoms with Crippen LogP contribution in [-0.4, -0.2) is 43.1 Å². The minimum Gasteiger partial charge on any atom is -0.492 e. The van der Waals surface area contributed by atoms with Crippen molar-refractivity contribution < 1.29 is 9.53 Å². The first-order chi connectivity index (χ1) is 8.75. The van der Waals surface area contributed by atoms with Crippen molar-refractivity contribution in [3.05, 3.63) is 29.8 Å². The minimum absolute atomic E-state index is 0.119. The van der Waals surface area contributed by atoms with Crippen molar-refractivity contribution in [1.29, 1.82) is 0 Å². The summed E-state index contributed by atoms with van der Waals surface area (Å²) in [6.45, 7) is 5.05. The predicted octanol–water partition coefficient (Wildman–Crippen LogP) is 0.983. The number of fused-ring (bicyclic) bond motifs is 1. The SMILES string of the molecule is C[C@@H]1CN(C(=O)[C@H]2COc3ccccc32)CCN1. The first-order valence-corrected chi connectivity index (χ1v) is 6.49. The lowest BCUT2D eigenvalue weighted by Crippen LogP contribution is -2.52. The Balaban J connectivity index is 1.78. The van der Waals surface area contributed by atoms with Gasteiger partial charge in [0, 0.05) is 31.2 Å². The number of nitrogens with one attached hydrogen (secondary N) is 1. The van der Waals surface area contributed by atoms with Gasteiger partial charge in [0.1, 0.15) is 18.3 Å². The lowest BCUT2D eigenvalue weighted by molar-refractivity contribution is -0.134. The molecule has 1 aromatic rings. The Morgan fingerprint density at radius 3 is 3.11 bits per heavy atom. The summed E-state index contributed by atoms with van der Waals surface area (Å²) in [5.74, 6) is 0.943. The Hall–Kier alpha value is -1.55. The summed E-state index contributed by atoms with van der Waals surface area (Å²) < 4.78 is 5.59. The number of hydrogen-bond donors (Lipinski definition) is 1. The Kier molecular flexibility index (Phi) is 2.96. The lowest BCUT2D eigenvalue weighted by Gasteiger charge is -2.33. The van der Waals surface area contributed by atoms with E-state index >= 15 is 0 Å². The van der Waals surface area contributed by atoms with E-state index < -0.39 is 0 Å².